The van der Waals surface area contributed by atoms with Crippen LogP contribution in [-0.2, 0) is 23.9 Å². The maximum Gasteiger partial charge on any atom is 0.303 e. The third kappa shape index (κ3) is 2.65. The summed E-state index contributed by atoms with van der Waals surface area (Å²) in [7, 11) is 0. The van der Waals surface area contributed by atoms with Gasteiger partial charge in [0, 0.05) is 30.1 Å². The fourth-order valence-corrected chi connectivity index (χ4v) is 7.24. The number of esters is 1. The molecule has 4 rings (SSSR count). The monoisotopic (exact) mass is 414 g/mol. The first-order valence-electron chi connectivity index (χ1n) is 10.8. The fourth-order valence-electron chi connectivity index (χ4n) is 7.24. The van der Waals surface area contributed by atoms with Crippen molar-refractivity contribution < 1.29 is 29.0 Å². The zero-order valence-electron chi connectivity index (χ0n) is 18.1. The van der Waals surface area contributed by atoms with Crippen LogP contribution in [0.5, 0.6) is 0 Å². The van der Waals surface area contributed by atoms with Gasteiger partial charge in [-0.1, -0.05) is 32.4 Å². The lowest BCUT2D eigenvalue weighted by atomic mass is 9.46. The van der Waals surface area contributed by atoms with E-state index in [0.717, 1.165) is 18.4 Å². The number of ketones is 3. The summed E-state index contributed by atoms with van der Waals surface area (Å²) in [4.78, 5) is 49.7. The fraction of sp³-hybridized carbons (Fsp3) is 0.667. The first-order valence-corrected chi connectivity index (χ1v) is 10.8. The van der Waals surface area contributed by atoms with Crippen LogP contribution in [0.2, 0.25) is 0 Å². The lowest BCUT2D eigenvalue weighted by molar-refractivity contribution is -0.176. The lowest BCUT2D eigenvalue weighted by Crippen LogP contribution is -2.62. The van der Waals surface area contributed by atoms with Gasteiger partial charge in [0.05, 0.1) is 0 Å². The number of ether oxygens (including phenoxy) is 1. The summed E-state index contributed by atoms with van der Waals surface area (Å²) in [5, 5.41) is 11.7. The van der Waals surface area contributed by atoms with Crippen LogP contribution in [0.4, 0.5) is 0 Å². The Kier molecular flexibility index (Phi) is 4.73. The molecule has 3 fully saturated rings. The maximum absolute atomic E-state index is 13.5. The van der Waals surface area contributed by atoms with Crippen LogP contribution in [0.15, 0.2) is 23.8 Å². The smallest absolute Gasteiger partial charge is 0.303 e. The predicted octanol–water partition coefficient (Wildman–Crippen LogP) is 2.58. The van der Waals surface area contributed by atoms with Gasteiger partial charge in [0.2, 0.25) is 5.78 Å². The van der Waals surface area contributed by atoms with Crippen LogP contribution < -0.4 is 0 Å². The molecule has 0 unspecified atom stereocenters. The number of Topliss-reactive ketones (excluding diaryl/α,β-unsaturated/α-hetero) is 2. The summed E-state index contributed by atoms with van der Waals surface area (Å²) in [6, 6.07) is 0. The van der Waals surface area contributed by atoms with Crippen LogP contribution in [0.1, 0.15) is 53.4 Å². The number of hydrogen-bond donors (Lipinski definition) is 1. The van der Waals surface area contributed by atoms with E-state index in [-0.39, 0.29) is 41.7 Å². The average molecular weight is 414 g/mol. The molecule has 0 aromatic carbocycles. The summed E-state index contributed by atoms with van der Waals surface area (Å²) in [6.07, 6.45) is 7.37. The highest BCUT2D eigenvalue weighted by Gasteiger charge is 2.70. The Hall–Kier alpha value is -2.08. The van der Waals surface area contributed by atoms with Crippen molar-refractivity contribution in [1.29, 1.82) is 0 Å². The van der Waals surface area contributed by atoms with Crippen molar-refractivity contribution in [2.24, 2.45) is 34.5 Å². The summed E-state index contributed by atoms with van der Waals surface area (Å²) in [6.45, 7) is 6.50. The summed E-state index contributed by atoms with van der Waals surface area (Å²) >= 11 is 0. The molecule has 3 saturated carbocycles. The highest BCUT2D eigenvalue weighted by molar-refractivity contribution is 6.02. The second-order valence-electron chi connectivity index (χ2n) is 10.1. The SMILES string of the molecule is CC(=O)OCC(=O)[C@]1(O)[C@@H](C)C[C@H]2[C@@H]3CCC4=CC(=O)C=C[C@@]4(C)[C@H]3C(=O)C[C@]21C. The molecule has 162 valence electrons. The highest BCUT2D eigenvalue weighted by Crippen LogP contribution is 2.67. The van der Waals surface area contributed by atoms with Gasteiger partial charge in [-0.25, -0.2) is 0 Å². The van der Waals surface area contributed by atoms with Gasteiger partial charge in [0.25, 0.3) is 0 Å². The molecule has 7 atom stereocenters. The zero-order chi connectivity index (χ0) is 22.1. The van der Waals surface area contributed by atoms with Crippen LogP contribution in [0.3, 0.4) is 0 Å². The number of aliphatic hydroxyl groups is 1. The summed E-state index contributed by atoms with van der Waals surface area (Å²) in [5.74, 6) is -1.63. The van der Waals surface area contributed by atoms with Crippen molar-refractivity contribution in [3.8, 4) is 0 Å². The van der Waals surface area contributed by atoms with Gasteiger partial charge < -0.3 is 9.84 Å². The van der Waals surface area contributed by atoms with E-state index in [4.69, 9.17) is 4.74 Å². The first kappa shape index (κ1) is 21.2. The Labute approximate surface area is 176 Å². The lowest BCUT2D eigenvalue weighted by Gasteiger charge is -2.56. The van der Waals surface area contributed by atoms with Crippen molar-refractivity contribution in [3.63, 3.8) is 0 Å². The maximum atomic E-state index is 13.5. The Bertz CT molecular complexity index is 899. The topological polar surface area (TPSA) is 97.7 Å². The predicted molar refractivity (Wildman–Crippen MR) is 108 cm³/mol. The zero-order valence-corrected chi connectivity index (χ0v) is 18.1. The molecule has 0 aromatic heterocycles. The van der Waals surface area contributed by atoms with Gasteiger partial charge in [-0.2, -0.15) is 0 Å². The van der Waals surface area contributed by atoms with E-state index in [1.54, 1.807) is 12.2 Å². The van der Waals surface area contributed by atoms with E-state index in [0.29, 0.717) is 6.42 Å². The van der Waals surface area contributed by atoms with Gasteiger partial charge >= 0.3 is 5.97 Å². The van der Waals surface area contributed by atoms with Gasteiger partial charge in [-0.15, -0.1) is 0 Å². The molecule has 0 radical (unpaired) electrons. The largest absolute Gasteiger partial charge is 0.458 e. The second-order valence-corrected chi connectivity index (χ2v) is 10.1. The Morgan fingerprint density at radius 2 is 1.97 bits per heavy atom. The third-order valence-electron chi connectivity index (χ3n) is 8.67. The molecule has 4 aliphatic rings. The van der Waals surface area contributed by atoms with E-state index in [2.05, 4.69) is 0 Å². The van der Waals surface area contributed by atoms with E-state index >= 15 is 0 Å². The Morgan fingerprint density at radius 3 is 2.63 bits per heavy atom. The summed E-state index contributed by atoms with van der Waals surface area (Å²) in [5.41, 5.74) is -2.07. The standard InChI is InChI=1S/C24H30O6/c1-13-9-18-17-6-5-15-10-16(26)7-8-22(15,3)21(17)19(27)11-23(18,4)24(13,29)20(28)12-30-14(2)25/h7-8,10,13,17-18,21,29H,5-6,9,11-12H2,1-4H3/t13-,17-,18-,21+,22+,23+,24+/m0/s1. The molecule has 4 aliphatic carbocycles. The number of carbonyl (C=O) groups is 4. The molecule has 0 saturated heterocycles. The van der Waals surface area contributed by atoms with Crippen LogP contribution in [0.25, 0.3) is 0 Å². The number of hydrogen-bond acceptors (Lipinski definition) is 6. The number of fused-ring (bicyclic) bond motifs is 5. The van der Waals surface area contributed by atoms with E-state index < -0.39 is 34.8 Å². The first-order chi connectivity index (χ1) is 13.9. The minimum atomic E-state index is -1.71. The molecule has 1 N–H and O–H groups in total. The van der Waals surface area contributed by atoms with Gasteiger partial charge in [0.15, 0.2) is 12.4 Å². The third-order valence-corrected chi connectivity index (χ3v) is 8.67. The van der Waals surface area contributed by atoms with E-state index in [9.17, 15) is 24.3 Å². The van der Waals surface area contributed by atoms with Gasteiger partial charge in [0.1, 0.15) is 11.4 Å². The van der Waals surface area contributed by atoms with Crippen LogP contribution in [0, 0.1) is 34.5 Å². The molecule has 0 bridgehead atoms. The normalized spacial score (nSPS) is 44.6. The quantitative estimate of drug-likeness (QED) is 0.713. The molecule has 6 heteroatoms. The Balaban J connectivity index is 1.71. The van der Waals surface area contributed by atoms with E-state index in [1.807, 2.05) is 26.8 Å². The molecule has 6 nitrogen and oxygen atoms in total. The average Bonchev–Trinajstić information content (AvgIpc) is 2.87. The highest BCUT2D eigenvalue weighted by atomic mass is 16.5. The molecule has 0 spiro atoms. The van der Waals surface area contributed by atoms with Gasteiger partial charge in [-0.05, 0) is 49.2 Å². The van der Waals surface area contributed by atoms with Crippen LogP contribution >= 0.6 is 0 Å². The molecular formula is C24H30O6. The van der Waals surface area contributed by atoms with Gasteiger partial charge in [-0.3, -0.25) is 19.2 Å². The van der Waals surface area contributed by atoms with Crippen molar-refractivity contribution in [2.75, 3.05) is 6.61 Å². The molecule has 0 amide bonds. The molecule has 30 heavy (non-hydrogen) atoms. The van der Waals surface area contributed by atoms with Crippen molar-refractivity contribution >= 4 is 23.3 Å². The molecule has 0 aliphatic heterocycles. The van der Waals surface area contributed by atoms with Crippen molar-refractivity contribution in [3.05, 3.63) is 23.8 Å². The molecule has 0 aromatic rings. The minimum Gasteiger partial charge on any atom is -0.458 e. The second kappa shape index (κ2) is 6.71. The Morgan fingerprint density at radius 1 is 1.27 bits per heavy atom. The number of carbonyl (C=O) groups excluding carboxylic acids is 4. The summed E-state index contributed by atoms with van der Waals surface area (Å²) < 4.78 is 4.90. The van der Waals surface area contributed by atoms with Crippen molar-refractivity contribution in [1.82, 2.24) is 0 Å². The van der Waals surface area contributed by atoms with Crippen LogP contribution in [-0.4, -0.2) is 40.6 Å². The minimum absolute atomic E-state index is 0.00545. The number of allylic oxidation sites excluding steroid dienone is 4. The van der Waals surface area contributed by atoms with Crippen molar-refractivity contribution in [2.45, 2.75) is 59.0 Å². The molecule has 0 heterocycles. The van der Waals surface area contributed by atoms with E-state index in [1.165, 1.54) is 6.92 Å². The molecular weight excluding hydrogens is 384 g/mol. The number of rotatable bonds is 3.